The van der Waals surface area contributed by atoms with Crippen LogP contribution in [0.25, 0.3) is 0 Å². The number of nitrogens with zero attached hydrogens (tertiary/aromatic N) is 3. The molecule has 150 valence electrons. The molecule has 2 heterocycles. The van der Waals surface area contributed by atoms with Crippen molar-refractivity contribution in [2.75, 3.05) is 18.4 Å². The molecule has 3 aromatic rings. The second-order valence-corrected chi connectivity index (χ2v) is 7.58. The quantitative estimate of drug-likeness (QED) is 0.679. The van der Waals surface area contributed by atoms with E-state index in [9.17, 15) is 9.90 Å². The third kappa shape index (κ3) is 4.72. The molecular formula is C23H26N4O2. The fourth-order valence-electron chi connectivity index (χ4n) is 3.84. The zero-order valence-corrected chi connectivity index (χ0v) is 16.6. The molecule has 2 N–H and O–H groups in total. The molecule has 29 heavy (non-hydrogen) atoms. The van der Waals surface area contributed by atoms with Crippen LogP contribution in [0.4, 0.5) is 5.82 Å². The van der Waals surface area contributed by atoms with Crippen molar-refractivity contribution in [1.82, 2.24) is 14.7 Å². The van der Waals surface area contributed by atoms with Crippen molar-refractivity contribution in [3.8, 4) is 0 Å². The molecular weight excluding hydrogens is 364 g/mol. The van der Waals surface area contributed by atoms with Gasteiger partial charge in [-0.05, 0) is 29.7 Å². The molecule has 4 rings (SSSR count). The zero-order valence-electron chi connectivity index (χ0n) is 16.6. The molecule has 0 fully saturated rings. The van der Waals surface area contributed by atoms with Crippen LogP contribution in [-0.2, 0) is 26.4 Å². The minimum atomic E-state index is -0.507. The topological polar surface area (TPSA) is 70.4 Å². The summed E-state index contributed by atoms with van der Waals surface area (Å²) >= 11 is 0. The van der Waals surface area contributed by atoms with Gasteiger partial charge in [-0.15, -0.1) is 0 Å². The summed E-state index contributed by atoms with van der Waals surface area (Å²) < 4.78 is 1.64. The van der Waals surface area contributed by atoms with Crippen LogP contribution in [0.5, 0.6) is 0 Å². The van der Waals surface area contributed by atoms with Crippen LogP contribution in [0.3, 0.4) is 0 Å². The largest absolute Gasteiger partial charge is 0.391 e. The molecule has 1 atom stereocenters. The van der Waals surface area contributed by atoms with Gasteiger partial charge < -0.3 is 10.4 Å². The standard InChI is InChI=1S/C23H26N4O2/c1-26-22(24-23(29)18-8-3-2-4-9-18)14-20(25-26)13-21(28)16-27-12-11-17-7-5-6-10-19(17)15-27/h2-10,14,21,28H,11-13,15-16H2,1H3,(H,24,29). The molecule has 1 unspecified atom stereocenters. The van der Waals surface area contributed by atoms with Crippen LogP contribution in [0.2, 0.25) is 0 Å². The Morgan fingerprint density at radius 2 is 1.86 bits per heavy atom. The Hall–Kier alpha value is -2.96. The number of carbonyl (C=O) groups is 1. The normalized spacial score (nSPS) is 15.0. The summed E-state index contributed by atoms with van der Waals surface area (Å²) in [5, 5.41) is 17.9. The van der Waals surface area contributed by atoms with Crippen LogP contribution in [0, 0.1) is 0 Å². The van der Waals surface area contributed by atoms with Gasteiger partial charge in [-0.2, -0.15) is 5.10 Å². The molecule has 2 aromatic carbocycles. The average Bonchev–Trinajstić information content (AvgIpc) is 3.06. The van der Waals surface area contributed by atoms with Gasteiger partial charge in [-0.25, -0.2) is 0 Å². The highest BCUT2D eigenvalue weighted by Gasteiger charge is 2.20. The van der Waals surface area contributed by atoms with Gasteiger partial charge in [0.15, 0.2) is 0 Å². The van der Waals surface area contributed by atoms with Crippen LogP contribution < -0.4 is 5.32 Å². The maximum Gasteiger partial charge on any atom is 0.256 e. The summed E-state index contributed by atoms with van der Waals surface area (Å²) in [7, 11) is 1.79. The lowest BCUT2D eigenvalue weighted by Crippen LogP contribution is -2.37. The molecule has 1 aliphatic heterocycles. The SMILES string of the molecule is Cn1nc(CC(O)CN2CCc3ccccc3C2)cc1NC(=O)c1ccccc1. The lowest BCUT2D eigenvalue weighted by Gasteiger charge is -2.30. The molecule has 0 spiro atoms. The average molecular weight is 390 g/mol. The predicted octanol–water partition coefficient (Wildman–Crippen LogP) is 2.63. The van der Waals surface area contributed by atoms with Crippen molar-refractivity contribution < 1.29 is 9.90 Å². The van der Waals surface area contributed by atoms with Crippen molar-refractivity contribution in [1.29, 1.82) is 0 Å². The number of aliphatic hydroxyl groups is 1. The first-order valence-electron chi connectivity index (χ1n) is 9.95. The summed E-state index contributed by atoms with van der Waals surface area (Å²) in [4.78, 5) is 14.6. The van der Waals surface area contributed by atoms with E-state index in [1.54, 1.807) is 23.9 Å². The number of anilines is 1. The number of rotatable bonds is 6. The fraction of sp³-hybridized carbons (Fsp3) is 0.304. The molecule has 0 aliphatic carbocycles. The molecule has 0 saturated heterocycles. The maximum absolute atomic E-state index is 12.4. The van der Waals surface area contributed by atoms with E-state index in [0.29, 0.717) is 24.3 Å². The van der Waals surface area contributed by atoms with E-state index in [0.717, 1.165) is 25.2 Å². The van der Waals surface area contributed by atoms with E-state index < -0.39 is 6.10 Å². The molecule has 6 nitrogen and oxygen atoms in total. The summed E-state index contributed by atoms with van der Waals surface area (Å²) in [6, 6.07) is 19.4. The smallest absolute Gasteiger partial charge is 0.256 e. The number of aromatic nitrogens is 2. The summed E-state index contributed by atoms with van der Waals surface area (Å²) in [5.74, 6) is 0.445. The highest BCUT2D eigenvalue weighted by Crippen LogP contribution is 2.19. The Labute approximate surface area is 170 Å². The van der Waals surface area contributed by atoms with Crippen molar-refractivity contribution in [2.45, 2.75) is 25.5 Å². The van der Waals surface area contributed by atoms with Gasteiger partial charge in [0, 0.05) is 44.7 Å². The van der Waals surface area contributed by atoms with Gasteiger partial charge in [0.1, 0.15) is 5.82 Å². The van der Waals surface area contributed by atoms with E-state index >= 15 is 0 Å². The lowest BCUT2D eigenvalue weighted by atomic mass is 9.99. The molecule has 1 aliphatic rings. The minimum absolute atomic E-state index is 0.173. The van der Waals surface area contributed by atoms with Crippen LogP contribution >= 0.6 is 0 Å². The van der Waals surface area contributed by atoms with Gasteiger partial charge in [0.2, 0.25) is 0 Å². The second-order valence-electron chi connectivity index (χ2n) is 7.58. The first-order chi connectivity index (χ1) is 14.1. The molecule has 0 saturated carbocycles. The third-order valence-electron chi connectivity index (χ3n) is 5.33. The minimum Gasteiger partial charge on any atom is -0.391 e. The number of aliphatic hydroxyl groups excluding tert-OH is 1. The van der Waals surface area contributed by atoms with E-state index in [4.69, 9.17) is 0 Å². The number of nitrogens with one attached hydrogen (secondary N) is 1. The Bertz CT molecular complexity index is 984. The number of fused-ring (bicyclic) bond motifs is 1. The highest BCUT2D eigenvalue weighted by molar-refractivity contribution is 6.03. The first kappa shape index (κ1) is 19.4. The van der Waals surface area contributed by atoms with Crippen molar-refractivity contribution in [2.24, 2.45) is 7.05 Å². The second kappa shape index (κ2) is 8.59. The van der Waals surface area contributed by atoms with Crippen molar-refractivity contribution in [3.05, 3.63) is 83.0 Å². The summed E-state index contributed by atoms with van der Waals surface area (Å²) in [6.07, 6.45) is 0.961. The van der Waals surface area contributed by atoms with E-state index in [1.165, 1.54) is 11.1 Å². The fourth-order valence-corrected chi connectivity index (χ4v) is 3.84. The monoisotopic (exact) mass is 390 g/mol. The number of amides is 1. The molecule has 0 bridgehead atoms. The Morgan fingerprint density at radius 1 is 1.14 bits per heavy atom. The molecule has 0 radical (unpaired) electrons. The molecule has 1 amide bonds. The molecule has 1 aromatic heterocycles. The van der Waals surface area contributed by atoms with Gasteiger partial charge in [0.05, 0.1) is 11.8 Å². The number of hydrogen-bond acceptors (Lipinski definition) is 4. The van der Waals surface area contributed by atoms with Crippen molar-refractivity contribution >= 4 is 11.7 Å². The highest BCUT2D eigenvalue weighted by atomic mass is 16.3. The zero-order chi connectivity index (χ0) is 20.2. The number of β-amino-alcohol motifs (C(OH)–C–C–N with tert-alkyl or cyclic N) is 1. The van der Waals surface area contributed by atoms with Gasteiger partial charge in [-0.1, -0.05) is 42.5 Å². The number of aryl methyl sites for hydroxylation is 1. The number of hydrogen-bond donors (Lipinski definition) is 2. The first-order valence-corrected chi connectivity index (χ1v) is 9.95. The number of benzene rings is 2. The summed E-state index contributed by atoms with van der Waals surface area (Å²) in [6.45, 7) is 2.43. The maximum atomic E-state index is 12.4. The van der Waals surface area contributed by atoms with E-state index in [1.807, 2.05) is 24.3 Å². The van der Waals surface area contributed by atoms with Gasteiger partial charge in [-0.3, -0.25) is 14.4 Å². The summed E-state index contributed by atoms with van der Waals surface area (Å²) in [5.41, 5.74) is 4.11. The molecule has 6 heteroatoms. The Balaban J connectivity index is 1.34. The van der Waals surface area contributed by atoms with Crippen LogP contribution in [0.15, 0.2) is 60.7 Å². The Kier molecular flexibility index (Phi) is 5.74. The van der Waals surface area contributed by atoms with Gasteiger partial charge in [0.25, 0.3) is 5.91 Å². The van der Waals surface area contributed by atoms with E-state index in [-0.39, 0.29) is 5.91 Å². The van der Waals surface area contributed by atoms with Gasteiger partial charge >= 0.3 is 0 Å². The third-order valence-corrected chi connectivity index (χ3v) is 5.33. The Morgan fingerprint density at radius 3 is 2.66 bits per heavy atom. The van der Waals surface area contributed by atoms with E-state index in [2.05, 4.69) is 39.6 Å². The predicted molar refractivity (Wildman–Crippen MR) is 113 cm³/mol. The number of carbonyl (C=O) groups excluding carboxylic acids is 1. The van der Waals surface area contributed by atoms with Crippen LogP contribution in [0.1, 0.15) is 27.2 Å². The van der Waals surface area contributed by atoms with Crippen LogP contribution in [-0.4, -0.2) is 44.9 Å². The lowest BCUT2D eigenvalue weighted by molar-refractivity contribution is 0.102. The van der Waals surface area contributed by atoms with Crippen molar-refractivity contribution in [3.63, 3.8) is 0 Å².